The fourth-order valence-electron chi connectivity index (χ4n) is 3.21. The van der Waals surface area contributed by atoms with Crippen molar-refractivity contribution in [3.05, 3.63) is 17.2 Å². The number of ether oxygens (including phenoxy) is 2. The minimum absolute atomic E-state index is 0. The van der Waals surface area contributed by atoms with Gasteiger partial charge in [-0.05, 0) is 18.8 Å². The lowest BCUT2D eigenvalue weighted by atomic mass is 9.99. The molecule has 0 amide bonds. The van der Waals surface area contributed by atoms with E-state index < -0.39 is 10.0 Å². The number of halogens is 2. The van der Waals surface area contributed by atoms with Crippen molar-refractivity contribution in [3.63, 3.8) is 0 Å². The van der Waals surface area contributed by atoms with Gasteiger partial charge in [0, 0.05) is 24.7 Å². The second-order valence-electron chi connectivity index (χ2n) is 5.93. The highest BCUT2D eigenvalue weighted by atomic mass is 35.5. The summed E-state index contributed by atoms with van der Waals surface area (Å²) in [4.78, 5) is -0.000126. The van der Waals surface area contributed by atoms with Gasteiger partial charge in [-0.1, -0.05) is 24.4 Å². The molecular formula is C15H22Cl2N2O4S. The summed E-state index contributed by atoms with van der Waals surface area (Å²) in [5.41, 5.74) is 5.78. The zero-order valence-corrected chi connectivity index (χ0v) is 15.6. The lowest BCUT2D eigenvalue weighted by Crippen LogP contribution is -2.44. The van der Waals surface area contributed by atoms with E-state index in [4.69, 9.17) is 26.8 Å². The molecule has 1 aliphatic carbocycles. The highest BCUT2D eigenvalue weighted by Crippen LogP contribution is 2.37. The van der Waals surface area contributed by atoms with E-state index in [9.17, 15) is 8.42 Å². The Labute approximate surface area is 153 Å². The summed E-state index contributed by atoms with van der Waals surface area (Å²) in [6.45, 7) is 1.08. The number of sulfonamides is 1. The normalized spacial score (nSPS) is 18.9. The summed E-state index contributed by atoms with van der Waals surface area (Å²) < 4.78 is 39.0. The van der Waals surface area contributed by atoms with Crippen LogP contribution in [0.5, 0.6) is 11.5 Å². The Morgan fingerprint density at radius 1 is 1.21 bits per heavy atom. The van der Waals surface area contributed by atoms with E-state index in [2.05, 4.69) is 4.72 Å². The van der Waals surface area contributed by atoms with Crippen LogP contribution in [0, 0.1) is 5.92 Å². The van der Waals surface area contributed by atoms with E-state index in [1.54, 1.807) is 0 Å². The van der Waals surface area contributed by atoms with Crippen molar-refractivity contribution in [3.8, 4) is 11.5 Å². The largest absolute Gasteiger partial charge is 0.486 e. The molecule has 0 radical (unpaired) electrons. The molecule has 1 aromatic carbocycles. The summed E-state index contributed by atoms with van der Waals surface area (Å²) in [7, 11) is -3.77. The number of nitrogens with two attached hydrogens (primary N) is 1. The summed E-state index contributed by atoms with van der Waals surface area (Å²) in [6, 6.07) is 2.63. The first-order valence-electron chi connectivity index (χ1n) is 7.83. The van der Waals surface area contributed by atoms with Gasteiger partial charge in [-0.2, -0.15) is 0 Å². The van der Waals surface area contributed by atoms with Crippen molar-refractivity contribution in [1.82, 2.24) is 4.72 Å². The van der Waals surface area contributed by atoms with E-state index >= 15 is 0 Å². The van der Waals surface area contributed by atoms with Gasteiger partial charge in [0.1, 0.15) is 18.1 Å². The number of hydrogen-bond donors (Lipinski definition) is 2. The molecule has 1 aromatic rings. The first kappa shape index (κ1) is 19.6. The highest BCUT2D eigenvalue weighted by molar-refractivity contribution is 7.89. The molecule has 1 fully saturated rings. The Balaban J connectivity index is 0.00000208. The third-order valence-corrected chi connectivity index (χ3v) is 6.37. The molecule has 1 aliphatic heterocycles. The minimum atomic E-state index is -3.77. The third kappa shape index (κ3) is 4.08. The lowest BCUT2D eigenvalue weighted by molar-refractivity contribution is 0.171. The summed E-state index contributed by atoms with van der Waals surface area (Å²) in [5.74, 6) is 1.14. The molecule has 1 unspecified atom stereocenters. The first-order chi connectivity index (χ1) is 11.0. The number of rotatable bonds is 5. The smallest absolute Gasteiger partial charge is 0.242 e. The number of benzene rings is 1. The van der Waals surface area contributed by atoms with Gasteiger partial charge >= 0.3 is 0 Å². The Bertz CT molecular complexity index is 678. The molecule has 0 aromatic heterocycles. The Morgan fingerprint density at radius 2 is 1.79 bits per heavy atom. The third-order valence-electron chi connectivity index (χ3n) is 4.42. The summed E-state index contributed by atoms with van der Waals surface area (Å²) in [5, 5.41) is 0.115. The second kappa shape index (κ2) is 8.10. The molecule has 1 atom stereocenters. The van der Waals surface area contributed by atoms with Crippen molar-refractivity contribution < 1.29 is 17.9 Å². The molecule has 0 bridgehead atoms. The maximum absolute atomic E-state index is 12.7. The van der Waals surface area contributed by atoms with Gasteiger partial charge in [0.15, 0.2) is 11.5 Å². The monoisotopic (exact) mass is 396 g/mol. The van der Waals surface area contributed by atoms with Crippen LogP contribution in [-0.2, 0) is 10.0 Å². The van der Waals surface area contributed by atoms with Crippen LogP contribution in [0.25, 0.3) is 0 Å². The molecule has 2 aliphatic rings. The van der Waals surface area contributed by atoms with Gasteiger partial charge in [0.2, 0.25) is 10.0 Å². The van der Waals surface area contributed by atoms with Crippen molar-refractivity contribution in [2.24, 2.45) is 11.7 Å². The SMILES string of the molecule is Cl.NCC(NS(=O)(=O)c1cc2c(cc1Cl)OCCO2)C1CCCC1. The van der Waals surface area contributed by atoms with E-state index in [-0.39, 0.29) is 40.8 Å². The van der Waals surface area contributed by atoms with Crippen LogP contribution in [0.15, 0.2) is 17.0 Å². The van der Waals surface area contributed by atoms with Crippen LogP contribution in [0.2, 0.25) is 5.02 Å². The van der Waals surface area contributed by atoms with Crippen molar-refractivity contribution in [1.29, 1.82) is 0 Å². The molecule has 0 spiro atoms. The van der Waals surface area contributed by atoms with Crippen LogP contribution in [0.1, 0.15) is 25.7 Å². The summed E-state index contributed by atoms with van der Waals surface area (Å²) >= 11 is 6.15. The van der Waals surface area contributed by atoms with Crippen molar-refractivity contribution >= 4 is 34.0 Å². The predicted octanol–water partition coefficient (Wildman–Crippen LogP) is 2.33. The molecule has 9 heteroatoms. The van der Waals surface area contributed by atoms with E-state index in [0.717, 1.165) is 25.7 Å². The zero-order valence-electron chi connectivity index (χ0n) is 13.2. The minimum Gasteiger partial charge on any atom is -0.486 e. The highest BCUT2D eigenvalue weighted by Gasteiger charge is 2.30. The fourth-order valence-corrected chi connectivity index (χ4v) is 5.06. The molecule has 3 N–H and O–H groups in total. The van der Waals surface area contributed by atoms with Crippen LogP contribution in [0.3, 0.4) is 0 Å². The molecular weight excluding hydrogens is 375 g/mol. The van der Waals surface area contributed by atoms with Gasteiger partial charge in [-0.25, -0.2) is 13.1 Å². The molecule has 136 valence electrons. The van der Waals surface area contributed by atoms with Crippen LogP contribution in [0.4, 0.5) is 0 Å². The van der Waals surface area contributed by atoms with Gasteiger partial charge in [0.05, 0.1) is 5.02 Å². The van der Waals surface area contributed by atoms with Crippen LogP contribution >= 0.6 is 24.0 Å². The molecule has 3 rings (SSSR count). The van der Waals surface area contributed by atoms with Crippen molar-refractivity contribution in [2.75, 3.05) is 19.8 Å². The maximum Gasteiger partial charge on any atom is 0.242 e. The van der Waals surface area contributed by atoms with Gasteiger partial charge in [0.25, 0.3) is 0 Å². The number of hydrogen-bond acceptors (Lipinski definition) is 5. The standard InChI is InChI=1S/C15H21ClN2O4S.ClH/c16-11-7-13-14(22-6-5-21-13)8-15(11)23(19,20)18-12(9-17)10-3-1-2-4-10;/h7-8,10,12,18H,1-6,9,17H2;1H. The Hall–Kier alpha value is -0.730. The average molecular weight is 397 g/mol. The van der Waals surface area contributed by atoms with Gasteiger partial charge in [-0.15, -0.1) is 12.4 Å². The molecule has 6 nitrogen and oxygen atoms in total. The molecule has 24 heavy (non-hydrogen) atoms. The predicted molar refractivity (Wildman–Crippen MR) is 94.8 cm³/mol. The number of fused-ring (bicyclic) bond motifs is 1. The van der Waals surface area contributed by atoms with E-state index in [1.807, 2.05) is 0 Å². The second-order valence-corrected chi connectivity index (χ2v) is 8.02. The van der Waals surface area contributed by atoms with Gasteiger partial charge in [-0.3, -0.25) is 0 Å². The molecule has 1 heterocycles. The fraction of sp³-hybridized carbons (Fsp3) is 0.600. The first-order valence-corrected chi connectivity index (χ1v) is 9.69. The van der Waals surface area contributed by atoms with E-state index in [0.29, 0.717) is 24.7 Å². The van der Waals surface area contributed by atoms with E-state index in [1.165, 1.54) is 12.1 Å². The maximum atomic E-state index is 12.7. The topological polar surface area (TPSA) is 90.7 Å². The zero-order chi connectivity index (χ0) is 16.4. The molecule has 0 saturated heterocycles. The quantitative estimate of drug-likeness (QED) is 0.796. The lowest BCUT2D eigenvalue weighted by Gasteiger charge is -2.24. The van der Waals surface area contributed by atoms with Crippen LogP contribution < -0.4 is 19.9 Å². The average Bonchev–Trinajstić information content (AvgIpc) is 3.06. The van der Waals surface area contributed by atoms with Crippen LogP contribution in [-0.4, -0.2) is 34.2 Å². The Morgan fingerprint density at radius 3 is 2.38 bits per heavy atom. The summed E-state index contributed by atoms with van der Waals surface area (Å²) in [6.07, 6.45) is 4.24. The van der Waals surface area contributed by atoms with Gasteiger partial charge < -0.3 is 15.2 Å². The molecule has 1 saturated carbocycles. The van der Waals surface area contributed by atoms with Crippen molar-refractivity contribution in [2.45, 2.75) is 36.6 Å². The Kier molecular flexibility index (Phi) is 6.61. The number of nitrogens with one attached hydrogen (secondary N) is 1.